The number of hydrogen-bond acceptors (Lipinski definition) is 2. The fourth-order valence-corrected chi connectivity index (χ4v) is 9.85. The van der Waals surface area contributed by atoms with E-state index in [1.54, 1.807) is 0 Å². The summed E-state index contributed by atoms with van der Waals surface area (Å²) in [6, 6.07) is 100. The van der Waals surface area contributed by atoms with Crippen molar-refractivity contribution in [1.29, 1.82) is 0 Å². The number of fused-ring (bicyclic) bond motifs is 2. The first-order chi connectivity index (χ1) is 44.0. The molecule has 0 N–H and O–H groups in total. The van der Waals surface area contributed by atoms with Crippen LogP contribution in [0.1, 0.15) is 169 Å². The molecule has 0 saturated heterocycles. The highest BCUT2D eigenvalue weighted by atomic mass is 16.5. The molecule has 1 aliphatic rings. The summed E-state index contributed by atoms with van der Waals surface area (Å²) in [6.45, 7) is 41.3. The van der Waals surface area contributed by atoms with Gasteiger partial charge in [0.05, 0.1) is 0 Å². The molecule has 0 fully saturated rings. The van der Waals surface area contributed by atoms with Crippen LogP contribution in [0.3, 0.4) is 0 Å². The van der Waals surface area contributed by atoms with Crippen LogP contribution in [0.25, 0.3) is 21.9 Å². The lowest BCUT2D eigenvalue weighted by Crippen LogP contribution is -2.23. The van der Waals surface area contributed by atoms with Crippen molar-refractivity contribution >= 4 is 10.8 Å². The molecule has 0 bridgehead atoms. The van der Waals surface area contributed by atoms with E-state index in [2.05, 4.69) is 254 Å². The summed E-state index contributed by atoms with van der Waals surface area (Å²) < 4.78 is 11.9. The van der Waals surface area contributed by atoms with Crippen molar-refractivity contribution in [3.05, 3.63) is 336 Å². The molecule has 0 amide bonds. The Balaban J connectivity index is 0.000000567. The minimum Gasteiger partial charge on any atom is -0.457 e. The van der Waals surface area contributed by atoms with Crippen molar-refractivity contribution in [1.82, 2.24) is 0 Å². The van der Waals surface area contributed by atoms with Crippen LogP contribution in [0.15, 0.2) is 291 Å². The summed E-state index contributed by atoms with van der Waals surface area (Å²) in [7, 11) is 0. The maximum atomic E-state index is 5.93. The minimum atomic E-state index is 0.154. The maximum Gasteiger partial charge on any atom is 0.127 e. The number of ether oxygens (including phenoxy) is 2. The Labute approximate surface area is 549 Å². The van der Waals surface area contributed by atoms with Crippen LogP contribution >= 0.6 is 0 Å². The highest BCUT2D eigenvalue weighted by Crippen LogP contribution is 2.52. The van der Waals surface area contributed by atoms with Crippen molar-refractivity contribution in [2.24, 2.45) is 0 Å². The van der Waals surface area contributed by atoms with Gasteiger partial charge >= 0.3 is 0 Å². The summed E-state index contributed by atoms with van der Waals surface area (Å²) in [4.78, 5) is 0. The van der Waals surface area contributed by atoms with Crippen molar-refractivity contribution in [3.8, 4) is 34.1 Å². The minimum absolute atomic E-state index is 0.154. The van der Waals surface area contributed by atoms with Gasteiger partial charge in [0.1, 0.15) is 23.0 Å². The van der Waals surface area contributed by atoms with E-state index >= 15 is 0 Å². The van der Waals surface area contributed by atoms with Crippen LogP contribution in [-0.4, -0.2) is 0 Å². The lowest BCUT2D eigenvalue weighted by Gasteiger charge is -2.28. The molecule has 2 heteroatoms. The lowest BCUT2D eigenvalue weighted by atomic mass is 9.75. The van der Waals surface area contributed by atoms with E-state index in [1.165, 1.54) is 61.7 Å². The molecule has 476 valence electrons. The van der Waals surface area contributed by atoms with E-state index in [4.69, 9.17) is 9.47 Å². The molecule has 11 aromatic carbocycles. The Morgan fingerprint density at radius 3 is 0.911 bits per heavy atom. The monoisotopic (exact) mass is 1200 g/mol. The van der Waals surface area contributed by atoms with Gasteiger partial charge in [0.15, 0.2) is 0 Å². The Morgan fingerprint density at radius 2 is 0.578 bits per heavy atom. The third kappa shape index (κ3) is 27.8. The summed E-state index contributed by atoms with van der Waals surface area (Å²) in [5.41, 5.74) is 13.6. The molecule has 1 atom stereocenters. The van der Waals surface area contributed by atoms with Gasteiger partial charge < -0.3 is 9.47 Å². The van der Waals surface area contributed by atoms with Gasteiger partial charge in [0, 0.05) is 5.41 Å². The zero-order valence-corrected chi connectivity index (χ0v) is 58.9. The van der Waals surface area contributed by atoms with E-state index in [9.17, 15) is 0 Å². The molecule has 0 heterocycles. The van der Waals surface area contributed by atoms with Crippen molar-refractivity contribution in [3.63, 3.8) is 0 Å². The number of rotatable bonds is 8. The van der Waals surface area contributed by atoms with E-state index in [1.807, 2.05) is 176 Å². The van der Waals surface area contributed by atoms with Gasteiger partial charge in [-0.15, -0.1) is 0 Å². The molecule has 2 nitrogen and oxygen atoms in total. The zero-order chi connectivity index (χ0) is 67.0. The van der Waals surface area contributed by atoms with Crippen molar-refractivity contribution in [2.75, 3.05) is 0 Å². The highest BCUT2D eigenvalue weighted by molar-refractivity contribution is 5.82. The molecule has 0 aromatic heterocycles. The Morgan fingerprint density at radius 1 is 0.278 bits per heavy atom. The smallest absolute Gasteiger partial charge is 0.127 e. The second-order valence-corrected chi connectivity index (χ2v) is 20.3. The van der Waals surface area contributed by atoms with Crippen LogP contribution < -0.4 is 9.47 Å². The molecule has 1 unspecified atom stereocenters. The standard InChI is InChI=1S/C26H22O2.C18H20.C13H12.C10H8.C7H8.7C2H6/c1-19-5-3-7-25(17-19)27-23-13-9-21(10-14-23)22-11-15-24(16-12-22)28-26-8-4-6-20(2)18-26;1-17(2)13-18(3,14-9-5-4-6-10-14)16-12-8-7-11-15(16)17;1-3-7-12(8-4-1)11-13-9-5-2-6-10-13;1-2-6-10-8-4-3-7-9(10)5-1;1-7-5-3-2-4-6-7;7*1-2/h3-18H,1-2H3;4-12H,13H2,1-3H3;1-10H,11H2;1-8H;2-6H,1H3;7*1-2H3. The van der Waals surface area contributed by atoms with Crippen molar-refractivity contribution in [2.45, 2.75) is 162 Å². The van der Waals surface area contributed by atoms with Gasteiger partial charge in [-0.3, -0.25) is 0 Å². The lowest BCUT2D eigenvalue weighted by molar-refractivity contribution is 0.425. The SMILES string of the molecule is CC.CC.CC.CC.CC.CC.CC.CC1(C)CC(C)(c2ccccc2)c2ccccc21.Cc1cccc(Oc2ccc(-c3ccc(Oc4cccc(C)c4)cc3)cc2)c1.Cc1ccccc1.c1ccc(Cc2ccccc2)cc1.c1ccc2ccccc2c1. The van der Waals surface area contributed by atoms with Crippen molar-refractivity contribution < 1.29 is 9.47 Å². The average Bonchev–Trinajstić information content (AvgIpc) is 1.60. The first kappa shape index (κ1) is 79.3. The molecule has 0 aliphatic heterocycles. The van der Waals surface area contributed by atoms with Gasteiger partial charge in [-0.2, -0.15) is 0 Å². The van der Waals surface area contributed by atoms with E-state index in [0.717, 1.165) is 40.5 Å². The topological polar surface area (TPSA) is 18.5 Å². The van der Waals surface area contributed by atoms with Gasteiger partial charge in [0.2, 0.25) is 0 Å². The molecular weight excluding hydrogens is 1090 g/mol. The second-order valence-electron chi connectivity index (χ2n) is 20.3. The predicted octanol–water partition coefficient (Wildman–Crippen LogP) is 27.5. The fraction of sp³-hybridized carbons (Fsp3) is 0.273. The first-order valence-electron chi connectivity index (χ1n) is 33.4. The third-order valence-corrected chi connectivity index (χ3v) is 13.6. The van der Waals surface area contributed by atoms with E-state index in [0.29, 0.717) is 0 Å². The van der Waals surface area contributed by atoms with Gasteiger partial charge in [0.25, 0.3) is 0 Å². The molecule has 12 rings (SSSR count). The number of hydrogen-bond donors (Lipinski definition) is 0. The largest absolute Gasteiger partial charge is 0.457 e. The Bertz CT molecular complexity index is 3270. The summed E-state index contributed by atoms with van der Waals surface area (Å²) >= 11 is 0. The van der Waals surface area contributed by atoms with Crippen LogP contribution in [-0.2, 0) is 17.3 Å². The third-order valence-electron chi connectivity index (χ3n) is 13.6. The van der Waals surface area contributed by atoms with Crippen LogP contribution in [0.2, 0.25) is 0 Å². The van der Waals surface area contributed by atoms with Crippen LogP contribution in [0.4, 0.5) is 0 Å². The van der Waals surface area contributed by atoms with Crippen LogP contribution in [0.5, 0.6) is 23.0 Å². The quantitative estimate of drug-likeness (QED) is 0.151. The Kier molecular flexibility index (Phi) is 41.7. The molecule has 0 spiro atoms. The normalized spacial score (nSPS) is 11.9. The van der Waals surface area contributed by atoms with E-state index < -0.39 is 0 Å². The molecule has 90 heavy (non-hydrogen) atoms. The Hall–Kier alpha value is -8.72. The molecular formula is C88H112O2. The number of benzene rings is 11. The average molecular weight is 1200 g/mol. The highest BCUT2D eigenvalue weighted by Gasteiger charge is 2.45. The summed E-state index contributed by atoms with van der Waals surface area (Å²) in [6.07, 6.45) is 2.21. The molecule has 11 aromatic rings. The summed E-state index contributed by atoms with van der Waals surface area (Å²) in [5.74, 6) is 3.36. The summed E-state index contributed by atoms with van der Waals surface area (Å²) in [5, 5.41) is 2.62. The van der Waals surface area contributed by atoms with Crippen LogP contribution in [0, 0.1) is 20.8 Å². The van der Waals surface area contributed by atoms with Gasteiger partial charge in [-0.1, -0.05) is 366 Å². The first-order valence-corrected chi connectivity index (χ1v) is 33.4. The zero-order valence-electron chi connectivity index (χ0n) is 58.9. The van der Waals surface area contributed by atoms with E-state index in [-0.39, 0.29) is 10.8 Å². The molecule has 1 aliphatic carbocycles. The fourth-order valence-electron chi connectivity index (χ4n) is 9.85. The van der Waals surface area contributed by atoms with Gasteiger partial charge in [-0.25, -0.2) is 0 Å². The molecule has 0 radical (unpaired) electrons. The molecule has 0 saturated carbocycles. The number of aryl methyl sites for hydroxylation is 3. The van der Waals surface area contributed by atoms with Gasteiger partial charge in [-0.05, 0) is 148 Å². The second kappa shape index (κ2) is 47.3. The maximum absolute atomic E-state index is 5.93. The predicted molar refractivity (Wildman–Crippen MR) is 402 cm³/mol.